The highest BCUT2D eigenvalue weighted by Gasteiger charge is 2.22. The molecule has 5 rings (SSSR count). The lowest BCUT2D eigenvalue weighted by Crippen LogP contribution is -2.24. The minimum absolute atomic E-state index is 0.0813. The van der Waals surface area contributed by atoms with Crippen LogP contribution in [0.1, 0.15) is 43.5 Å². The number of imidazole rings is 1. The van der Waals surface area contributed by atoms with Gasteiger partial charge in [-0.2, -0.15) is 17.6 Å². The summed E-state index contributed by atoms with van der Waals surface area (Å²) in [5, 5.41) is 0. The van der Waals surface area contributed by atoms with E-state index < -0.39 is 13.2 Å². The van der Waals surface area contributed by atoms with Crippen LogP contribution in [-0.4, -0.2) is 34.3 Å². The molecule has 0 atom stereocenters. The van der Waals surface area contributed by atoms with Crippen LogP contribution in [0, 0.1) is 0 Å². The molecule has 1 heterocycles. The van der Waals surface area contributed by atoms with Crippen LogP contribution in [0.15, 0.2) is 103 Å². The number of hydrogen-bond acceptors (Lipinski definition) is 5. The molecule has 0 spiro atoms. The third-order valence-corrected chi connectivity index (χ3v) is 7.76. The topological polar surface area (TPSA) is 48.8 Å². The maximum Gasteiger partial charge on any atom is 0.387 e. The van der Waals surface area contributed by atoms with Gasteiger partial charge in [0.05, 0.1) is 18.0 Å². The molecule has 0 fully saturated rings. The van der Waals surface area contributed by atoms with E-state index >= 15 is 0 Å². The van der Waals surface area contributed by atoms with Gasteiger partial charge < -0.3 is 18.8 Å². The number of unbranched alkanes of at least 4 members (excludes halogenated alkanes) is 1. The number of rotatable bonds is 17. The first-order valence-electron chi connectivity index (χ1n) is 16.0. The van der Waals surface area contributed by atoms with Crippen LogP contribution < -0.4 is 14.2 Å². The molecule has 0 aliphatic rings. The van der Waals surface area contributed by atoms with Gasteiger partial charge in [0.2, 0.25) is 0 Å². The van der Waals surface area contributed by atoms with Crippen LogP contribution in [0.5, 0.6) is 17.2 Å². The van der Waals surface area contributed by atoms with Crippen LogP contribution in [0.2, 0.25) is 0 Å². The standard InChI is InChI=1S/C38H39F4N3O3/c1-3-5-23-45-34(35(29-15-21-31(22-16-29)46-4-2)43-36(45)30-9-7-6-8-10-30)26-44(24-27-11-17-32(18-12-27)47-37(39)40)25-28-13-19-33(20-14-28)48-38(41)42/h6-22,37-38H,3-5,23-26H2,1-2H3. The molecule has 0 bridgehead atoms. The van der Waals surface area contributed by atoms with Gasteiger partial charge in [-0.25, -0.2) is 4.98 Å². The van der Waals surface area contributed by atoms with Gasteiger partial charge in [0.25, 0.3) is 0 Å². The molecule has 0 aliphatic heterocycles. The summed E-state index contributed by atoms with van der Waals surface area (Å²) in [4.78, 5) is 7.47. The molecule has 0 N–H and O–H groups in total. The molecule has 0 saturated heterocycles. The molecule has 5 aromatic rings. The van der Waals surface area contributed by atoms with E-state index in [1.807, 2.05) is 49.4 Å². The lowest BCUT2D eigenvalue weighted by Gasteiger charge is -2.25. The second-order valence-corrected chi connectivity index (χ2v) is 11.2. The smallest absolute Gasteiger partial charge is 0.387 e. The Morgan fingerprint density at radius 3 is 1.69 bits per heavy atom. The molecule has 48 heavy (non-hydrogen) atoms. The van der Waals surface area contributed by atoms with Crippen molar-refractivity contribution in [3.05, 3.63) is 120 Å². The Kier molecular flexibility index (Phi) is 12.1. The fourth-order valence-electron chi connectivity index (χ4n) is 5.57. The fourth-order valence-corrected chi connectivity index (χ4v) is 5.57. The molecule has 6 nitrogen and oxygen atoms in total. The van der Waals surface area contributed by atoms with E-state index in [1.54, 1.807) is 24.3 Å². The summed E-state index contributed by atoms with van der Waals surface area (Å²) in [5.74, 6) is 1.80. The van der Waals surface area contributed by atoms with Crippen LogP contribution in [0.3, 0.4) is 0 Å². The van der Waals surface area contributed by atoms with Crippen molar-refractivity contribution >= 4 is 0 Å². The molecule has 252 valence electrons. The third kappa shape index (κ3) is 9.38. The highest BCUT2D eigenvalue weighted by molar-refractivity contribution is 5.69. The second kappa shape index (κ2) is 16.8. The summed E-state index contributed by atoms with van der Waals surface area (Å²) in [6.45, 7) is 1.01. The van der Waals surface area contributed by atoms with Crippen molar-refractivity contribution < 1.29 is 31.8 Å². The van der Waals surface area contributed by atoms with Gasteiger partial charge in [-0.3, -0.25) is 4.90 Å². The normalized spacial score (nSPS) is 11.4. The predicted octanol–water partition coefficient (Wildman–Crippen LogP) is 9.82. The van der Waals surface area contributed by atoms with Gasteiger partial charge in [-0.05, 0) is 73.0 Å². The fraction of sp³-hybridized carbons (Fsp3) is 0.289. The molecular weight excluding hydrogens is 622 g/mol. The van der Waals surface area contributed by atoms with Crippen LogP contribution in [-0.2, 0) is 26.2 Å². The second-order valence-electron chi connectivity index (χ2n) is 11.2. The SMILES string of the molecule is CCCCn1c(-c2ccccc2)nc(-c2ccc(OCC)cc2)c1CN(Cc1ccc(OC(F)F)cc1)Cc1ccc(OC(F)F)cc1. The molecule has 1 aromatic heterocycles. The Morgan fingerprint density at radius 1 is 0.646 bits per heavy atom. The van der Waals surface area contributed by atoms with Gasteiger partial charge in [-0.1, -0.05) is 67.9 Å². The minimum Gasteiger partial charge on any atom is -0.494 e. The van der Waals surface area contributed by atoms with Crippen LogP contribution in [0.4, 0.5) is 17.6 Å². The zero-order chi connectivity index (χ0) is 33.9. The van der Waals surface area contributed by atoms with E-state index in [0.29, 0.717) is 26.2 Å². The Labute approximate surface area is 278 Å². The Hall–Kier alpha value is -4.83. The van der Waals surface area contributed by atoms with Crippen molar-refractivity contribution in [2.45, 2.75) is 66.1 Å². The number of hydrogen-bond donors (Lipinski definition) is 0. The van der Waals surface area contributed by atoms with E-state index in [9.17, 15) is 17.6 Å². The molecule has 10 heteroatoms. The van der Waals surface area contributed by atoms with Gasteiger partial charge in [0, 0.05) is 37.3 Å². The molecule has 0 unspecified atom stereocenters. The van der Waals surface area contributed by atoms with Gasteiger partial charge in [0.1, 0.15) is 23.1 Å². The molecule has 0 saturated carbocycles. The number of aromatic nitrogens is 2. The molecule has 0 radical (unpaired) electrons. The van der Waals surface area contributed by atoms with Gasteiger partial charge >= 0.3 is 13.2 Å². The maximum atomic E-state index is 12.8. The summed E-state index contributed by atoms with van der Waals surface area (Å²) in [5.41, 5.74) is 5.59. The number of alkyl halides is 4. The van der Waals surface area contributed by atoms with E-state index in [-0.39, 0.29) is 11.5 Å². The third-order valence-electron chi connectivity index (χ3n) is 7.76. The van der Waals surface area contributed by atoms with Crippen molar-refractivity contribution in [2.75, 3.05) is 6.61 Å². The zero-order valence-electron chi connectivity index (χ0n) is 27.0. The Balaban J connectivity index is 1.57. The number of benzene rings is 4. The molecule has 0 aliphatic carbocycles. The predicted molar refractivity (Wildman–Crippen MR) is 178 cm³/mol. The minimum atomic E-state index is -2.91. The molecule has 0 amide bonds. The first-order valence-corrected chi connectivity index (χ1v) is 16.0. The maximum absolute atomic E-state index is 12.8. The number of ether oxygens (including phenoxy) is 3. The highest BCUT2D eigenvalue weighted by atomic mass is 19.3. The van der Waals surface area contributed by atoms with Crippen molar-refractivity contribution in [3.63, 3.8) is 0 Å². The van der Waals surface area contributed by atoms with Gasteiger partial charge in [-0.15, -0.1) is 0 Å². The highest BCUT2D eigenvalue weighted by Crippen LogP contribution is 2.33. The summed E-state index contributed by atoms with van der Waals surface area (Å²) >= 11 is 0. The number of halogens is 4. The average Bonchev–Trinajstić information content (AvgIpc) is 3.43. The summed E-state index contributed by atoms with van der Waals surface area (Å²) < 4.78 is 68.3. The first-order chi connectivity index (χ1) is 23.3. The Morgan fingerprint density at radius 2 is 1.19 bits per heavy atom. The molecule has 4 aromatic carbocycles. The summed E-state index contributed by atoms with van der Waals surface area (Å²) in [6.07, 6.45) is 1.94. The van der Waals surface area contributed by atoms with Crippen LogP contribution in [0.25, 0.3) is 22.6 Å². The monoisotopic (exact) mass is 661 g/mol. The van der Waals surface area contributed by atoms with Crippen LogP contribution >= 0.6 is 0 Å². The largest absolute Gasteiger partial charge is 0.494 e. The lowest BCUT2D eigenvalue weighted by molar-refractivity contribution is -0.0505. The first kappa shape index (κ1) is 34.5. The van der Waals surface area contributed by atoms with Crippen molar-refractivity contribution in [2.24, 2.45) is 0 Å². The summed E-state index contributed by atoms with van der Waals surface area (Å²) in [7, 11) is 0. The van der Waals surface area contributed by atoms with Crippen molar-refractivity contribution in [1.29, 1.82) is 0 Å². The van der Waals surface area contributed by atoms with E-state index in [4.69, 9.17) is 9.72 Å². The van der Waals surface area contributed by atoms with Crippen molar-refractivity contribution in [3.8, 4) is 39.9 Å². The van der Waals surface area contributed by atoms with E-state index in [0.717, 1.165) is 64.6 Å². The number of nitrogens with zero attached hydrogens (tertiary/aromatic N) is 3. The van der Waals surface area contributed by atoms with E-state index in [1.165, 1.54) is 24.3 Å². The van der Waals surface area contributed by atoms with Crippen molar-refractivity contribution in [1.82, 2.24) is 14.5 Å². The van der Waals surface area contributed by atoms with E-state index in [2.05, 4.69) is 38.0 Å². The van der Waals surface area contributed by atoms with Gasteiger partial charge in [0.15, 0.2) is 0 Å². The Bertz CT molecular complexity index is 1640. The summed E-state index contributed by atoms with van der Waals surface area (Å²) in [6, 6.07) is 31.2. The lowest BCUT2D eigenvalue weighted by atomic mass is 10.1. The molecular formula is C38H39F4N3O3. The zero-order valence-corrected chi connectivity index (χ0v) is 27.0. The average molecular weight is 662 g/mol. The quantitative estimate of drug-likeness (QED) is 0.0929.